The number of hydrogen-bond acceptors (Lipinski definition) is 4. The van der Waals surface area contributed by atoms with Crippen LogP contribution in [0.25, 0.3) is 0 Å². The first kappa shape index (κ1) is 18.1. The Bertz CT molecular complexity index is 780. The van der Waals surface area contributed by atoms with Crippen LogP contribution in [0.3, 0.4) is 0 Å². The molecular formula is C15H17F3N2O4S. The first-order valence-electron chi connectivity index (χ1n) is 7.96. The van der Waals surface area contributed by atoms with Gasteiger partial charge in [0.1, 0.15) is 0 Å². The summed E-state index contributed by atoms with van der Waals surface area (Å²) in [5, 5.41) is 10.7. The van der Waals surface area contributed by atoms with E-state index in [1.54, 1.807) is 0 Å². The maximum Gasteiger partial charge on any atom is 0.417 e. The van der Waals surface area contributed by atoms with Crippen LogP contribution >= 0.6 is 0 Å². The molecule has 25 heavy (non-hydrogen) atoms. The number of halogens is 3. The van der Waals surface area contributed by atoms with Crippen molar-refractivity contribution < 1.29 is 26.5 Å². The number of nitro groups is 1. The molecular weight excluding hydrogens is 361 g/mol. The smallest absolute Gasteiger partial charge is 0.258 e. The lowest BCUT2D eigenvalue weighted by atomic mass is 9.82. The summed E-state index contributed by atoms with van der Waals surface area (Å²) in [5.41, 5.74) is -2.28. The highest BCUT2D eigenvalue weighted by Gasteiger charge is 2.44. The van der Waals surface area contributed by atoms with Gasteiger partial charge in [0.2, 0.25) is 10.0 Å². The van der Waals surface area contributed by atoms with Crippen LogP contribution in [0, 0.1) is 22.0 Å². The second-order valence-electron chi connectivity index (χ2n) is 6.56. The summed E-state index contributed by atoms with van der Waals surface area (Å²) in [5.74, 6) is 0.354. The van der Waals surface area contributed by atoms with E-state index in [9.17, 15) is 31.7 Å². The van der Waals surface area contributed by atoms with Gasteiger partial charge in [0.15, 0.2) is 0 Å². The zero-order valence-electron chi connectivity index (χ0n) is 13.2. The van der Waals surface area contributed by atoms with E-state index < -0.39 is 37.3 Å². The number of nitrogens with zero attached hydrogens (tertiary/aromatic N) is 2. The topological polar surface area (TPSA) is 80.5 Å². The van der Waals surface area contributed by atoms with Crippen molar-refractivity contribution in [3.05, 3.63) is 33.9 Å². The van der Waals surface area contributed by atoms with Crippen molar-refractivity contribution in [1.82, 2.24) is 4.31 Å². The molecule has 0 spiro atoms. The van der Waals surface area contributed by atoms with Gasteiger partial charge in [-0.3, -0.25) is 10.1 Å². The molecule has 2 unspecified atom stereocenters. The second kappa shape index (κ2) is 6.24. The maximum atomic E-state index is 13.3. The summed E-state index contributed by atoms with van der Waals surface area (Å²) in [4.78, 5) is 8.86. The summed E-state index contributed by atoms with van der Waals surface area (Å²) in [6.45, 7) is 0.419. The SMILES string of the molecule is O=[N+]([O-])c1ccc(S(=O)(=O)N2CC3CCCCC3C2)c(C(F)(F)F)c1. The fraction of sp³-hybridized carbons (Fsp3) is 0.600. The van der Waals surface area contributed by atoms with Gasteiger partial charge >= 0.3 is 6.18 Å². The molecule has 2 fully saturated rings. The zero-order valence-corrected chi connectivity index (χ0v) is 14.0. The number of hydrogen-bond donors (Lipinski definition) is 0. The minimum Gasteiger partial charge on any atom is -0.258 e. The molecule has 1 aliphatic heterocycles. The van der Waals surface area contributed by atoms with Gasteiger partial charge in [-0.25, -0.2) is 8.42 Å². The number of nitro benzene ring substituents is 1. The third kappa shape index (κ3) is 3.37. The Hall–Kier alpha value is -1.68. The Morgan fingerprint density at radius 1 is 1.12 bits per heavy atom. The summed E-state index contributed by atoms with van der Waals surface area (Å²) in [7, 11) is -4.36. The van der Waals surface area contributed by atoms with E-state index in [2.05, 4.69) is 0 Å². The number of rotatable bonds is 3. The second-order valence-corrected chi connectivity index (χ2v) is 8.47. The molecule has 138 valence electrons. The Labute approximate surface area is 142 Å². The molecule has 10 heteroatoms. The Kier molecular flexibility index (Phi) is 4.52. The monoisotopic (exact) mass is 378 g/mol. The van der Waals surface area contributed by atoms with E-state index in [1.807, 2.05) is 0 Å². The predicted octanol–water partition coefficient (Wildman–Crippen LogP) is 3.42. The lowest BCUT2D eigenvalue weighted by Gasteiger charge is -2.22. The molecule has 1 aliphatic carbocycles. The number of benzene rings is 1. The van der Waals surface area contributed by atoms with Crippen LogP contribution < -0.4 is 0 Å². The van der Waals surface area contributed by atoms with Crippen LogP contribution in [0.5, 0.6) is 0 Å². The average molecular weight is 378 g/mol. The molecule has 2 atom stereocenters. The molecule has 0 N–H and O–H groups in total. The lowest BCUT2D eigenvalue weighted by molar-refractivity contribution is -0.385. The van der Waals surface area contributed by atoms with Crippen molar-refractivity contribution in [2.75, 3.05) is 13.1 Å². The van der Waals surface area contributed by atoms with E-state index in [4.69, 9.17) is 0 Å². The molecule has 1 saturated carbocycles. The van der Waals surface area contributed by atoms with Crippen molar-refractivity contribution in [3.8, 4) is 0 Å². The number of non-ortho nitro benzene ring substituents is 1. The molecule has 0 aromatic heterocycles. The lowest BCUT2D eigenvalue weighted by Crippen LogP contribution is -2.31. The quantitative estimate of drug-likeness (QED) is 0.596. The highest BCUT2D eigenvalue weighted by molar-refractivity contribution is 7.89. The van der Waals surface area contributed by atoms with Crippen LogP contribution in [0.4, 0.5) is 18.9 Å². The minimum absolute atomic E-state index is 0.177. The average Bonchev–Trinajstić information content (AvgIpc) is 2.98. The van der Waals surface area contributed by atoms with E-state index >= 15 is 0 Å². The molecule has 1 aromatic carbocycles. The fourth-order valence-electron chi connectivity index (χ4n) is 3.78. The summed E-state index contributed by atoms with van der Waals surface area (Å²) in [6, 6.07) is 1.78. The largest absolute Gasteiger partial charge is 0.417 e. The van der Waals surface area contributed by atoms with Crippen molar-refractivity contribution in [2.24, 2.45) is 11.8 Å². The van der Waals surface area contributed by atoms with Gasteiger partial charge in [-0.1, -0.05) is 12.8 Å². The van der Waals surface area contributed by atoms with Gasteiger partial charge in [0.25, 0.3) is 5.69 Å². The number of fused-ring (bicyclic) bond motifs is 1. The summed E-state index contributed by atoms with van der Waals surface area (Å²) in [6.07, 6.45) is -1.24. The van der Waals surface area contributed by atoms with E-state index in [0.717, 1.165) is 36.1 Å². The summed E-state index contributed by atoms with van der Waals surface area (Å²) >= 11 is 0. The third-order valence-electron chi connectivity index (χ3n) is 5.04. The van der Waals surface area contributed by atoms with E-state index in [-0.39, 0.29) is 31.0 Å². The highest BCUT2D eigenvalue weighted by Crippen LogP contribution is 2.41. The molecule has 3 rings (SSSR count). The first-order valence-corrected chi connectivity index (χ1v) is 9.40. The molecule has 1 aromatic rings. The van der Waals surface area contributed by atoms with Crippen molar-refractivity contribution >= 4 is 15.7 Å². The van der Waals surface area contributed by atoms with E-state index in [1.165, 1.54) is 0 Å². The summed E-state index contributed by atoms with van der Waals surface area (Å²) < 4.78 is 66.6. The van der Waals surface area contributed by atoms with Gasteiger partial charge < -0.3 is 0 Å². The van der Waals surface area contributed by atoms with Crippen LogP contribution in [0.2, 0.25) is 0 Å². The maximum absolute atomic E-state index is 13.3. The molecule has 0 bridgehead atoms. The van der Waals surface area contributed by atoms with Crippen molar-refractivity contribution in [2.45, 2.75) is 36.8 Å². The molecule has 1 saturated heterocycles. The predicted molar refractivity (Wildman–Crippen MR) is 82.3 cm³/mol. The standard InChI is InChI=1S/C15H17F3N2O4S/c16-15(17,18)13-7-12(20(21)22)5-6-14(13)25(23,24)19-8-10-3-1-2-4-11(10)9-19/h5-7,10-11H,1-4,8-9H2. The van der Waals surface area contributed by atoms with Crippen LogP contribution in [0.15, 0.2) is 23.1 Å². The molecule has 0 radical (unpaired) electrons. The number of sulfonamides is 1. The number of alkyl halides is 3. The van der Waals surface area contributed by atoms with Gasteiger partial charge in [-0.2, -0.15) is 17.5 Å². The van der Waals surface area contributed by atoms with Crippen LogP contribution in [-0.4, -0.2) is 30.7 Å². The zero-order chi connectivity index (χ0) is 18.4. The van der Waals surface area contributed by atoms with Crippen molar-refractivity contribution in [1.29, 1.82) is 0 Å². The van der Waals surface area contributed by atoms with Crippen LogP contribution in [-0.2, 0) is 16.2 Å². The van der Waals surface area contributed by atoms with Gasteiger partial charge in [0.05, 0.1) is 15.4 Å². The Morgan fingerprint density at radius 2 is 1.68 bits per heavy atom. The first-order chi connectivity index (χ1) is 11.6. The fourth-order valence-corrected chi connectivity index (χ4v) is 5.52. The van der Waals surface area contributed by atoms with Gasteiger partial charge in [0, 0.05) is 25.2 Å². The molecule has 0 amide bonds. The van der Waals surface area contributed by atoms with Crippen molar-refractivity contribution in [3.63, 3.8) is 0 Å². The van der Waals surface area contributed by atoms with Crippen LogP contribution in [0.1, 0.15) is 31.2 Å². The van der Waals surface area contributed by atoms with E-state index in [0.29, 0.717) is 6.07 Å². The molecule has 2 aliphatic rings. The minimum atomic E-state index is -5.00. The highest BCUT2D eigenvalue weighted by atomic mass is 32.2. The molecule has 1 heterocycles. The Morgan fingerprint density at radius 3 is 2.16 bits per heavy atom. The third-order valence-corrected chi connectivity index (χ3v) is 6.93. The molecule has 6 nitrogen and oxygen atoms in total. The normalized spacial score (nSPS) is 24.9. The Balaban J connectivity index is 2.01. The van der Waals surface area contributed by atoms with Gasteiger partial charge in [-0.15, -0.1) is 0 Å². The van der Waals surface area contributed by atoms with Gasteiger partial charge in [-0.05, 0) is 30.7 Å².